The first-order chi connectivity index (χ1) is 20.3. The first-order valence-electron chi connectivity index (χ1n) is 14.7. The average molecular weight is 660 g/mol. The summed E-state index contributed by atoms with van der Waals surface area (Å²) in [5.74, 6) is -1.20. The van der Waals surface area contributed by atoms with Gasteiger partial charge in [0.05, 0.1) is 23.2 Å². The fourth-order valence-corrected chi connectivity index (χ4v) is 10.4. The minimum atomic E-state index is -0.762. The minimum absolute atomic E-state index is 0.0240. The number of nitrogens with one attached hydrogen (secondary N) is 2. The molecule has 42 heavy (non-hydrogen) atoms. The predicted octanol–water partition coefficient (Wildman–Crippen LogP) is 4.36. The number of halogens is 1. The summed E-state index contributed by atoms with van der Waals surface area (Å²) in [6.07, 6.45) is 0.950. The molecular weight excluding hydrogens is 620 g/mol. The van der Waals surface area contributed by atoms with Crippen molar-refractivity contribution >= 4 is 62.5 Å². The first kappa shape index (κ1) is 30.7. The summed E-state index contributed by atoms with van der Waals surface area (Å²) in [5.41, 5.74) is 2.36. The highest BCUT2D eigenvalue weighted by atomic mass is 79.9. The number of ether oxygens (including phenoxy) is 1. The zero-order valence-corrected chi connectivity index (χ0v) is 26.6. The van der Waals surface area contributed by atoms with Crippen molar-refractivity contribution in [2.24, 2.45) is 11.8 Å². The lowest BCUT2D eigenvalue weighted by Gasteiger charge is -2.35. The lowest BCUT2D eigenvalue weighted by atomic mass is 9.70. The number of rotatable bonds is 12. The molecule has 2 aromatic carbocycles. The number of alkyl halides is 1. The van der Waals surface area contributed by atoms with Crippen molar-refractivity contribution in [3.63, 3.8) is 0 Å². The zero-order chi connectivity index (χ0) is 30.0. The Morgan fingerprint density at radius 1 is 1.05 bits per heavy atom. The van der Waals surface area contributed by atoms with E-state index in [0.717, 1.165) is 18.8 Å². The second-order valence-electron chi connectivity index (χ2n) is 10.9. The SMILES string of the molecule is CCOc1ccc(NC(=O)[C@H]2[C@H]3C(=O)N(CCCO)C(C(=O)Nc4ccc(N(CC)CC)cc4)C34CC(Br)[C@@H]2S4)cc1. The number of fused-ring (bicyclic) bond motifs is 1. The number of carbonyl (C=O) groups excluding carboxylic acids is 3. The van der Waals surface area contributed by atoms with E-state index in [4.69, 9.17) is 4.74 Å². The van der Waals surface area contributed by atoms with Crippen LogP contribution in [0.15, 0.2) is 48.5 Å². The first-order valence-corrected chi connectivity index (χ1v) is 16.5. The van der Waals surface area contributed by atoms with Gasteiger partial charge in [-0.25, -0.2) is 0 Å². The molecule has 6 atom stereocenters. The third kappa shape index (κ3) is 5.51. The fourth-order valence-electron chi connectivity index (χ4n) is 6.79. The van der Waals surface area contributed by atoms with Crippen molar-refractivity contribution in [3.05, 3.63) is 48.5 Å². The van der Waals surface area contributed by atoms with Crippen molar-refractivity contribution in [2.75, 3.05) is 48.4 Å². The lowest BCUT2D eigenvalue weighted by Crippen LogP contribution is -2.52. The average Bonchev–Trinajstić information content (AvgIpc) is 3.57. The summed E-state index contributed by atoms with van der Waals surface area (Å²) >= 11 is 5.39. The number of nitrogens with zero attached hydrogens (tertiary/aromatic N) is 2. The number of carbonyl (C=O) groups is 3. The molecule has 3 unspecified atom stereocenters. The van der Waals surface area contributed by atoms with Gasteiger partial charge in [0, 0.05) is 53.4 Å². The van der Waals surface area contributed by atoms with Crippen LogP contribution in [0, 0.1) is 11.8 Å². The maximum atomic E-state index is 14.1. The number of aliphatic hydroxyl groups is 1. The van der Waals surface area contributed by atoms with Crippen LogP contribution in [0.5, 0.6) is 5.75 Å². The van der Waals surface area contributed by atoms with Gasteiger partial charge in [-0.1, -0.05) is 15.9 Å². The van der Waals surface area contributed by atoms with E-state index >= 15 is 0 Å². The van der Waals surface area contributed by atoms with Crippen LogP contribution in [0.25, 0.3) is 0 Å². The van der Waals surface area contributed by atoms with Gasteiger partial charge in [-0.2, -0.15) is 0 Å². The number of thioether (sulfide) groups is 1. The molecule has 3 amide bonds. The third-order valence-corrected chi connectivity index (χ3v) is 11.8. The van der Waals surface area contributed by atoms with Gasteiger partial charge >= 0.3 is 0 Å². The topological polar surface area (TPSA) is 111 Å². The summed E-state index contributed by atoms with van der Waals surface area (Å²) in [4.78, 5) is 45.7. The van der Waals surface area contributed by atoms with Crippen LogP contribution in [0.1, 0.15) is 33.6 Å². The smallest absolute Gasteiger partial charge is 0.248 e. The van der Waals surface area contributed by atoms with Gasteiger partial charge < -0.3 is 30.3 Å². The second kappa shape index (κ2) is 12.9. The molecule has 2 bridgehead atoms. The highest BCUT2D eigenvalue weighted by Crippen LogP contribution is 2.67. The van der Waals surface area contributed by atoms with Crippen molar-refractivity contribution in [1.29, 1.82) is 0 Å². The molecule has 9 nitrogen and oxygen atoms in total. The number of amides is 3. The van der Waals surface area contributed by atoms with Gasteiger partial charge in [-0.05, 0) is 82.1 Å². The molecule has 3 saturated heterocycles. The van der Waals surface area contributed by atoms with E-state index in [9.17, 15) is 19.5 Å². The Bertz CT molecular complexity index is 1290. The van der Waals surface area contributed by atoms with Crippen molar-refractivity contribution in [3.8, 4) is 5.75 Å². The minimum Gasteiger partial charge on any atom is -0.494 e. The quantitative estimate of drug-likeness (QED) is 0.291. The van der Waals surface area contributed by atoms with Crippen LogP contribution in [0.3, 0.4) is 0 Å². The van der Waals surface area contributed by atoms with E-state index < -0.39 is 22.6 Å². The summed E-state index contributed by atoms with van der Waals surface area (Å²) in [6, 6.07) is 14.2. The summed E-state index contributed by atoms with van der Waals surface area (Å²) in [5, 5.41) is 15.5. The third-order valence-electron chi connectivity index (χ3n) is 8.59. The summed E-state index contributed by atoms with van der Waals surface area (Å²) in [6.45, 7) is 8.58. The monoisotopic (exact) mass is 658 g/mol. The fraction of sp³-hybridized carbons (Fsp3) is 0.516. The molecule has 226 valence electrons. The maximum absolute atomic E-state index is 14.1. The molecule has 0 aromatic heterocycles. The molecule has 3 aliphatic heterocycles. The molecule has 3 aliphatic rings. The van der Waals surface area contributed by atoms with E-state index in [1.807, 2.05) is 31.2 Å². The van der Waals surface area contributed by atoms with Crippen molar-refractivity contribution in [1.82, 2.24) is 4.90 Å². The van der Waals surface area contributed by atoms with Crippen LogP contribution >= 0.6 is 27.7 Å². The van der Waals surface area contributed by atoms with E-state index in [2.05, 4.69) is 45.3 Å². The van der Waals surface area contributed by atoms with Gasteiger partial charge in [0.15, 0.2) is 0 Å². The van der Waals surface area contributed by atoms with Crippen molar-refractivity contribution < 1.29 is 24.2 Å². The standard InChI is InChI=1S/C31H39BrN4O5S/c1-4-35(5-2)21-12-8-19(9-13-21)34-29(39)27-31-18-23(32)26(42-31)24(25(31)30(40)36(27)16-7-17-37)28(38)33-20-10-14-22(15-11-20)41-6-3/h8-15,23-27,37H,4-7,16-18H2,1-3H3,(H,33,38)(H,34,39)/t23?,24-,25-,26-,27?,31?/m0/s1. The van der Waals surface area contributed by atoms with Gasteiger partial charge in [-0.3, -0.25) is 14.4 Å². The maximum Gasteiger partial charge on any atom is 0.248 e. The van der Waals surface area contributed by atoms with E-state index in [1.165, 1.54) is 0 Å². The highest BCUT2D eigenvalue weighted by Gasteiger charge is 2.75. The number of likely N-dealkylation sites (tertiary alicyclic amines) is 1. The molecule has 0 aliphatic carbocycles. The molecule has 1 spiro atoms. The summed E-state index contributed by atoms with van der Waals surface area (Å²) < 4.78 is 4.75. The predicted molar refractivity (Wildman–Crippen MR) is 170 cm³/mol. The molecule has 3 heterocycles. The molecule has 0 saturated carbocycles. The van der Waals surface area contributed by atoms with Gasteiger partial charge in [0.1, 0.15) is 11.8 Å². The Hall–Kier alpha value is -2.76. The Morgan fingerprint density at radius 3 is 2.26 bits per heavy atom. The number of anilines is 3. The van der Waals surface area contributed by atoms with Crippen LogP contribution < -0.4 is 20.3 Å². The van der Waals surface area contributed by atoms with E-state index in [1.54, 1.807) is 40.9 Å². The van der Waals surface area contributed by atoms with Crippen LogP contribution in [0.4, 0.5) is 17.1 Å². The number of aliphatic hydroxyl groups excluding tert-OH is 1. The lowest BCUT2D eigenvalue weighted by molar-refractivity contribution is -0.138. The molecule has 2 aromatic rings. The van der Waals surface area contributed by atoms with E-state index in [0.29, 0.717) is 36.6 Å². The number of hydrogen-bond donors (Lipinski definition) is 3. The van der Waals surface area contributed by atoms with Crippen LogP contribution in [0.2, 0.25) is 0 Å². The van der Waals surface area contributed by atoms with Crippen molar-refractivity contribution in [2.45, 2.75) is 54.5 Å². The van der Waals surface area contributed by atoms with E-state index in [-0.39, 0.29) is 41.0 Å². The number of benzene rings is 2. The molecular formula is C31H39BrN4O5S. The Balaban J connectivity index is 1.40. The largest absolute Gasteiger partial charge is 0.494 e. The molecule has 5 rings (SSSR count). The number of hydrogen-bond acceptors (Lipinski definition) is 7. The molecule has 3 N–H and O–H groups in total. The summed E-state index contributed by atoms with van der Waals surface area (Å²) in [7, 11) is 0. The molecule has 0 radical (unpaired) electrons. The van der Waals surface area contributed by atoms with Gasteiger partial charge in [0.25, 0.3) is 0 Å². The second-order valence-corrected chi connectivity index (χ2v) is 13.6. The Labute approximate surface area is 259 Å². The highest BCUT2D eigenvalue weighted by molar-refractivity contribution is 9.09. The van der Waals surface area contributed by atoms with Crippen LogP contribution in [-0.2, 0) is 14.4 Å². The van der Waals surface area contributed by atoms with Crippen LogP contribution in [-0.4, -0.2) is 81.4 Å². The van der Waals surface area contributed by atoms with Gasteiger partial charge in [-0.15, -0.1) is 11.8 Å². The van der Waals surface area contributed by atoms with Gasteiger partial charge in [0.2, 0.25) is 17.7 Å². The zero-order valence-electron chi connectivity index (χ0n) is 24.2. The molecule has 11 heteroatoms. The Morgan fingerprint density at radius 2 is 1.67 bits per heavy atom. The normalized spacial score (nSPS) is 27.6. The Kier molecular flexibility index (Phi) is 9.39. The molecule has 3 fully saturated rings.